The predicted octanol–water partition coefficient (Wildman–Crippen LogP) is 0.421. The number of nitrogens with zero attached hydrogens (tertiary/aromatic N) is 3. The van der Waals surface area contributed by atoms with Gasteiger partial charge in [-0.15, -0.1) is 0 Å². The van der Waals surface area contributed by atoms with E-state index in [1.54, 1.807) is 0 Å². The quantitative estimate of drug-likeness (QED) is 0.764. The fraction of sp³-hybridized carbons (Fsp3) is 0.727. The highest BCUT2D eigenvalue weighted by Crippen LogP contribution is 2.05. The van der Waals surface area contributed by atoms with Gasteiger partial charge in [0, 0.05) is 31.7 Å². The molecule has 0 bridgehead atoms. The zero-order chi connectivity index (χ0) is 11.4. The van der Waals surface area contributed by atoms with Crippen molar-refractivity contribution in [3.63, 3.8) is 0 Å². The second-order valence-electron chi connectivity index (χ2n) is 4.35. The van der Waals surface area contributed by atoms with E-state index in [4.69, 9.17) is 0 Å². The van der Waals surface area contributed by atoms with E-state index in [-0.39, 0.29) is 0 Å². The van der Waals surface area contributed by atoms with Crippen molar-refractivity contribution < 1.29 is 0 Å². The lowest BCUT2D eigenvalue weighted by molar-refractivity contribution is 0.343. The van der Waals surface area contributed by atoms with Crippen molar-refractivity contribution >= 4 is 0 Å². The van der Waals surface area contributed by atoms with Crippen molar-refractivity contribution in [2.75, 3.05) is 27.7 Å². The Bertz CT molecular complexity index is 304. The Morgan fingerprint density at radius 1 is 1.53 bits per heavy atom. The fourth-order valence-corrected chi connectivity index (χ4v) is 1.81. The first-order chi connectivity index (χ1) is 7.02. The number of rotatable bonds is 5. The van der Waals surface area contributed by atoms with Gasteiger partial charge < -0.3 is 10.2 Å². The molecule has 0 aliphatic carbocycles. The lowest BCUT2D eigenvalue weighted by Gasteiger charge is -2.20. The highest BCUT2D eigenvalue weighted by molar-refractivity contribution is 5.10. The van der Waals surface area contributed by atoms with E-state index in [1.807, 2.05) is 25.7 Å². The molecule has 0 saturated carbocycles. The maximum atomic E-state index is 4.35. The summed E-state index contributed by atoms with van der Waals surface area (Å²) in [6.07, 6.45) is 1.02. The Morgan fingerprint density at radius 3 is 2.60 bits per heavy atom. The summed E-state index contributed by atoms with van der Waals surface area (Å²) in [4.78, 5) is 2.20. The maximum absolute atomic E-state index is 4.35. The lowest BCUT2D eigenvalue weighted by Crippen LogP contribution is -2.38. The lowest BCUT2D eigenvalue weighted by atomic mass is 10.1. The topological polar surface area (TPSA) is 33.1 Å². The molecule has 0 aliphatic rings. The molecule has 1 atom stereocenters. The Balaban J connectivity index is 2.62. The normalized spacial score (nSPS) is 13.5. The number of hydrogen-bond donors (Lipinski definition) is 1. The van der Waals surface area contributed by atoms with Gasteiger partial charge >= 0.3 is 0 Å². The third kappa shape index (κ3) is 3.64. The third-order valence-corrected chi connectivity index (χ3v) is 2.55. The zero-order valence-electron chi connectivity index (χ0n) is 10.4. The Kier molecular flexibility index (Phi) is 4.29. The molecule has 0 aromatic carbocycles. The van der Waals surface area contributed by atoms with Crippen LogP contribution in [0, 0.1) is 6.92 Å². The van der Waals surface area contributed by atoms with Crippen molar-refractivity contribution in [3.05, 3.63) is 17.5 Å². The zero-order valence-corrected chi connectivity index (χ0v) is 10.4. The van der Waals surface area contributed by atoms with E-state index in [1.165, 1.54) is 5.69 Å². The number of aromatic nitrogens is 2. The second-order valence-corrected chi connectivity index (χ2v) is 4.35. The average molecular weight is 210 g/mol. The Labute approximate surface area is 92.3 Å². The van der Waals surface area contributed by atoms with Gasteiger partial charge in [0.05, 0.1) is 5.69 Å². The summed E-state index contributed by atoms with van der Waals surface area (Å²) in [5, 5.41) is 7.69. The van der Waals surface area contributed by atoms with Crippen molar-refractivity contribution in [1.29, 1.82) is 0 Å². The summed E-state index contributed by atoms with van der Waals surface area (Å²) in [6, 6.07) is 2.63. The highest BCUT2D eigenvalue weighted by Gasteiger charge is 2.11. The summed E-state index contributed by atoms with van der Waals surface area (Å²) < 4.78 is 1.97. The van der Waals surface area contributed by atoms with Crippen LogP contribution in [0.5, 0.6) is 0 Å². The van der Waals surface area contributed by atoms with Gasteiger partial charge in [-0.1, -0.05) is 0 Å². The van der Waals surface area contributed by atoms with E-state index in [0.29, 0.717) is 6.04 Å². The van der Waals surface area contributed by atoms with E-state index in [2.05, 4.69) is 35.5 Å². The number of nitrogens with one attached hydrogen (secondary N) is 1. The van der Waals surface area contributed by atoms with Crippen LogP contribution in [-0.2, 0) is 13.5 Å². The van der Waals surface area contributed by atoms with Crippen LogP contribution in [0.3, 0.4) is 0 Å². The molecule has 0 aliphatic heterocycles. The van der Waals surface area contributed by atoms with Gasteiger partial charge in [-0.05, 0) is 34.1 Å². The van der Waals surface area contributed by atoms with Gasteiger partial charge in [0.25, 0.3) is 0 Å². The molecule has 1 aromatic rings. The Hall–Kier alpha value is -0.870. The minimum atomic E-state index is 0.481. The predicted molar refractivity (Wildman–Crippen MR) is 63.1 cm³/mol. The number of likely N-dealkylation sites (N-methyl/N-ethyl adjacent to an activating group) is 2. The van der Waals surface area contributed by atoms with Gasteiger partial charge in [-0.3, -0.25) is 4.68 Å². The molecule has 0 amide bonds. The van der Waals surface area contributed by atoms with E-state index < -0.39 is 0 Å². The molecular formula is C11H22N4. The summed E-state index contributed by atoms with van der Waals surface area (Å²) >= 11 is 0. The smallest absolute Gasteiger partial charge is 0.0596 e. The van der Waals surface area contributed by atoms with Gasteiger partial charge in [-0.25, -0.2) is 0 Å². The first-order valence-corrected chi connectivity index (χ1v) is 5.34. The van der Waals surface area contributed by atoms with Crippen LogP contribution >= 0.6 is 0 Å². The maximum Gasteiger partial charge on any atom is 0.0596 e. The van der Waals surface area contributed by atoms with Crippen molar-refractivity contribution in [1.82, 2.24) is 20.0 Å². The minimum Gasteiger partial charge on any atom is -0.315 e. The Morgan fingerprint density at radius 2 is 2.20 bits per heavy atom. The van der Waals surface area contributed by atoms with Crippen LogP contribution in [0.4, 0.5) is 0 Å². The number of hydrogen-bond acceptors (Lipinski definition) is 3. The molecule has 15 heavy (non-hydrogen) atoms. The molecular weight excluding hydrogens is 188 g/mol. The monoisotopic (exact) mass is 210 g/mol. The van der Waals surface area contributed by atoms with Gasteiger partial charge in [0.15, 0.2) is 0 Å². The summed E-state index contributed by atoms with van der Waals surface area (Å²) in [5.41, 5.74) is 2.38. The van der Waals surface area contributed by atoms with Crippen LogP contribution in [-0.4, -0.2) is 48.4 Å². The van der Waals surface area contributed by atoms with Gasteiger partial charge in [0.2, 0.25) is 0 Å². The van der Waals surface area contributed by atoms with Crippen LogP contribution < -0.4 is 5.32 Å². The molecule has 1 unspecified atom stereocenters. The summed E-state index contributed by atoms with van der Waals surface area (Å²) in [6.45, 7) is 3.07. The SMILES string of the molecule is CNC(Cc1cc(C)nn1C)CN(C)C. The van der Waals surface area contributed by atoms with Crippen molar-refractivity contribution in [2.24, 2.45) is 7.05 Å². The summed E-state index contributed by atoms with van der Waals surface area (Å²) in [5.74, 6) is 0. The number of aryl methyl sites for hydroxylation is 2. The van der Waals surface area contributed by atoms with Crippen molar-refractivity contribution in [3.8, 4) is 0 Å². The van der Waals surface area contributed by atoms with Gasteiger partial charge in [-0.2, -0.15) is 5.10 Å². The summed E-state index contributed by atoms with van der Waals surface area (Å²) in [7, 11) is 8.21. The fourth-order valence-electron chi connectivity index (χ4n) is 1.81. The molecule has 1 heterocycles. The van der Waals surface area contributed by atoms with Gasteiger partial charge in [0.1, 0.15) is 0 Å². The third-order valence-electron chi connectivity index (χ3n) is 2.55. The first-order valence-electron chi connectivity index (χ1n) is 5.34. The standard InChI is InChI=1S/C11H22N4/c1-9-6-11(15(5)13-9)7-10(12-2)8-14(3)4/h6,10,12H,7-8H2,1-5H3. The minimum absolute atomic E-state index is 0.481. The molecule has 1 N–H and O–H groups in total. The van der Waals surface area contributed by atoms with Crippen LogP contribution in [0.15, 0.2) is 6.07 Å². The molecule has 0 spiro atoms. The van der Waals surface area contributed by atoms with E-state index >= 15 is 0 Å². The van der Waals surface area contributed by atoms with Crippen molar-refractivity contribution in [2.45, 2.75) is 19.4 Å². The van der Waals surface area contributed by atoms with Crippen LogP contribution in [0.2, 0.25) is 0 Å². The molecule has 0 saturated heterocycles. The van der Waals surface area contributed by atoms with Crippen LogP contribution in [0.1, 0.15) is 11.4 Å². The highest BCUT2D eigenvalue weighted by atomic mass is 15.3. The van der Waals surface area contributed by atoms with E-state index in [9.17, 15) is 0 Å². The second kappa shape index (κ2) is 5.28. The molecule has 0 radical (unpaired) electrons. The molecule has 4 heteroatoms. The first kappa shape index (κ1) is 12.2. The van der Waals surface area contributed by atoms with E-state index in [0.717, 1.165) is 18.7 Å². The molecule has 1 rings (SSSR count). The molecule has 4 nitrogen and oxygen atoms in total. The largest absolute Gasteiger partial charge is 0.315 e. The molecule has 86 valence electrons. The molecule has 1 aromatic heterocycles. The molecule has 0 fully saturated rings. The van der Waals surface area contributed by atoms with Crippen LogP contribution in [0.25, 0.3) is 0 Å². The average Bonchev–Trinajstić information content (AvgIpc) is 2.43.